The molecule has 2 atom stereocenters. The van der Waals surface area contributed by atoms with E-state index >= 15 is 0 Å². The third kappa shape index (κ3) is 4.10. The Morgan fingerprint density at radius 1 is 1.22 bits per heavy atom. The van der Waals surface area contributed by atoms with Crippen LogP contribution in [-0.4, -0.2) is 53.8 Å². The number of benzene rings is 1. The van der Waals surface area contributed by atoms with E-state index in [-0.39, 0.29) is 23.8 Å². The summed E-state index contributed by atoms with van der Waals surface area (Å²) in [6.07, 6.45) is 1.47. The van der Waals surface area contributed by atoms with Crippen molar-refractivity contribution < 1.29 is 9.59 Å². The number of hydrogen-bond acceptors (Lipinski definition) is 3. The molecule has 0 saturated carbocycles. The predicted molar refractivity (Wildman–Crippen MR) is 89.0 cm³/mol. The van der Waals surface area contributed by atoms with Crippen LogP contribution < -0.4 is 5.32 Å². The maximum absolute atomic E-state index is 12.4. The average molecular weight is 315 g/mol. The van der Waals surface area contributed by atoms with Gasteiger partial charge in [0.15, 0.2) is 0 Å². The molecule has 2 aliphatic heterocycles. The van der Waals surface area contributed by atoms with E-state index in [9.17, 15) is 9.59 Å². The van der Waals surface area contributed by atoms with Crippen molar-refractivity contribution in [2.45, 2.75) is 32.4 Å². The van der Waals surface area contributed by atoms with Crippen LogP contribution in [0.2, 0.25) is 0 Å². The lowest BCUT2D eigenvalue weighted by Crippen LogP contribution is -2.50. The number of piperidine rings is 1. The summed E-state index contributed by atoms with van der Waals surface area (Å²) in [4.78, 5) is 28.1. The fraction of sp³-hybridized carbons (Fsp3) is 0.556. The molecule has 0 bridgehead atoms. The number of hydrogen-bond donors (Lipinski definition) is 1. The Morgan fingerprint density at radius 3 is 2.74 bits per heavy atom. The zero-order chi connectivity index (χ0) is 16.2. The first-order valence-corrected chi connectivity index (χ1v) is 8.46. The molecule has 2 aliphatic rings. The first-order valence-electron chi connectivity index (χ1n) is 8.46. The van der Waals surface area contributed by atoms with E-state index in [1.165, 1.54) is 5.56 Å². The number of likely N-dealkylation sites (tertiary alicyclic amines) is 2. The van der Waals surface area contributed by atoms with Gasteiger partial charge in [-0.15, -0.1) is 0 Å². The van der Waals surface area contributed by atoms with E-state index in [4.69, 9.17) is 0 Å². The van der Waals surface area contributed by atoms with E-state index in [2.05, 4.69) is 34.5 Å². The van der Waals surface area contributed by atoms with Gasteiger partial charge in [0.05, 0.1) is 0 Å². The highest BCUT2D eigenvalue weighted by Gasteiger charge is 2.29. The zero-order valence-electron chi connectivity index (χ0n) is 13.7. The first kappa shape index (κ1) is 16.0. The molecule has 5 nitrogen and oxygen atoms in total. The summed E-state index contributed by atoms with van der Waals surface area (Å²) in [5, 5.41) is 3.13. The fourth-order valence-electron chi connectivity index (χ4n) is 3.40. The summed E-state index contributed by atoms with van der Waals surface area (Å²) in [5.74, 6) is 0.233. The molecule has 5 heteroatoms. The van der Waals surface area contributed by atoms with Crippen molar-refractivity contribution in [1.29, 1.82) is 0 Å². The number of nitrogens with one attached hydrogen (secondary N) is 1. The van der Waals surface area contributed by atoms with Crippen LogP contribution in [0.25, 0.3) is 0 Å². The quantitative estimate of drug-likeness (QED) is 0.926. The second kappa shape index (κ2) is 7.13. The zero-order valence-corrected chi connectivity index (χ0v) is 13.7. The number of nitrogens with zero attached hydrogens (tertiary/aromatic N) is 2. The maximum Gasteiger partial charge on any atom is 0.317 e. The number of carbonyl (C=O) groups is 2. The molecule has 2 amide bonds. The third-order valence-electron chi connectivity index (χ3n) is 4.81. The Hall–Kier alpha value is -1.88. The lowest BCUT2D eigenvalue weighted by atomic mass is 9.99. The van der Waals surface area contributed by atoms with Crippen molar-refractivity contribution in [1.82, 2.24) is 15.1 Å². The maximum atomic E-state index is 12.4. The molecular weight excluding hydrogens is 290 g/mol. The molecule has 2 heterocycles. The molecule has 2 saturated heterocycles. The van der Waals surface area contributed by atoms with Crippen LogP contribution in [-0.2, 0) is 11.3 Å². The number of ketones is 1. The molecule has 0 aromatic heterocycles. The monoisotopic (exact) mass is 315 g/mol. The van der Waals surface area contributed by atoms with Gasteiger partial charge in [-0.05, 0) is 12.0 Å². The Kier molecular flexibility index (Phi) is 4.96. The van der Waals surface area contributed by atoms with Gasteiger partial charge in [0.25, 0.3) is 0 Å². The largest absolute Gasteiger partial charge is 0.334 e. The molecule has 124 valence electrons. The minimum atomic E-state index is -0.0346. The molecule has 1 aromatic rings. The highest BCUT2D eigenvalue weighted by atomic mass is 16.2. The second-order valence-corrected chi connectivity index (χ2v) is 6.72. The molecule has 2 fully saturated rings. The summed E-state index contributed by atoms with van der Waals surface area (Å²) in [6.45, 7) is 5.83. The number of Topliss-reactive ketones (excluding diaryl/α,β-unsaturated/α-hetero) is 1. The Labute approximate surface area is 137 Å². The molecule has 1 aromatic carbocycles. The van der Waals surface area contributed by atoms with Gasteiger partial charge in [-0.1, -0.05) is 37.3 Å². The van der Waals surface area contributed by atoms with Gasteiger partial charge >= 0.3 is 6.03 Å². The first-order chi connectivity index (χ1) is 11.1. The van der Waals surface area contributed by atoms with Crippen LogP contribution in [0.15, 0.2) is 30.3 Å². The van der Waals surface area contributed by atoms with Crippen molar-refractivity contribution in [2.24, 2.45) is 5.92 Å². The molecule has 0 spiro atoms. The smallest absolute Gasteiger partial charge is 0.317 e. The van der Waals surface area contributed by atoms with E-state index in [1.54, 1.807) is 4.90 Å². The van der Waals surface area contributed by atoms with Crippen molar-refractivity contribution in [3.63, 3.8) is 0 Å². The number of amides is 2. The lowest BCUT2D eigenvalue weighted by Gasteiger charge is -2.31. The Balaban J connectivity index is 1.46. The van der Waals surface area contributed by atoms with Crippen molar-refractivity contribution >= 4 is 11.8 Å². The van der Waals surface area contributed by atoms with E-state index in [1.807, 2.05) is 13.0 Å². The van der Waals surface area contributed by atoms with Crippen LogP contribution in [0.1, 0.15) is 25.3 Å². The Bertz CT molecular complexity index is 561. The molecule has 2 unspecified atom stereocenters. The predicted octanol–water partition coefficient (Wildman–Crippen LogP) is 1.88. The van der Waals surface area contributed by atoms with Gasteiger partial charge in [-0.3, -0.25) is 9.69 Å². The van der Waals surface area contributed by atoms with E-state index < -0.39 is 0 Å². The van der Waals surface area contributed by atoms with Crippen LogP contribution >= 0.6 is 0 Å². The average Bonchev–Trinajstić information content (AvgIpc) is 2.98. The van der Waals surface area contributed by atoms with Crippen LogP contribution in [0.4, 0.5) is 4.79 Å². The minimum Gasteiger partial charge on any atom is -0.334 e. The number of urea groups is 1. The fourth-order valence-corrected chi connectivity index (χ4v) is 3.40. The van der Waals surface area contributed by atoms with Gasteiger partial charge in [0.2, 0.25) is 0 Å². The normalized spacial score (nSPS) is 25.6. The summed E-state index contributed by atoms with van der Waals surface area (Å²) in [7, 11) is 0. The van der Waals surface area contributed by atoms with Crippen molar-refractivity contribution in [2.75, 3.05) is 26.2 Å². The van der Waals surface area contributed by atoms with Gasteiger partial charge in [0, 0.05) is 51.1 Å². The van der Waals surface area contributed by atoms with E-state index in [0.717, 1.165) is 26.1 Å². The number of carbonyl (C=O) groups excluding carboxylic acids is 2. The SMILES string of the molecule is CC1CN(C(=O)NC2CCN(Cc3ccccc3)C2)CCC1=O. The highest BCUT2D eigenvalue weighted by molar-refractivity contribution is 5.84. The van der Waals surface area contributed by atoms with Crippen LogP contribution in [0, 0.1) is 5.92 Å². The summed E-state index contributed by atoms with van der Waals surface area (Å²) >= 11 is 0. The van der Waals surface area contributed by atoms with E-state index in [0.29, 0.717) is 19.5 Å². The summed E-state index contributed by atoms with van der Waals surface area (Å²) < 4.78 is 0. The van der Waals surface area contributed by atoms with Gasteiger partial charge < -0.3 is 10.2 Å². The van der Waals surface area contributed by atoms with Gasteiger partial charge in [-0.2, -0.15) is 0 Å². The molecular formula is C18H25N3O2. The van der Waals surface area contributed by atoms with Crippen molar-refractivity contribution in [3.8, 4) is 0 Å². The Morgan fingerprint density at radius 2 is 2.00 bits per heavy atom. The van der Waals surface area contributed by atoms with Gasteiger partial charge in [0.1, 0.15) is 5.78 Å². The third-order valence-corrected chi connectivity index (χ3v) is 4.81. The highest BCUT2D eigenvalue weighted by Crippen LogP contribution is 2.16. The van der Waals surface area contributed by atoms with Gasteiger partial charge in [-0.25, -0.2) is 4.79 Å². The molecule has 23 heavy (non-hydrogen) atoms. The van der Waals surface area contributed by atoms with Crippen LogP contribution in [0.3, 0.4) is 0 Å². The standard InChI is InChI=1S/C18H25N3O2/c1-14-11-21(10-8-17(14)22)18(23)19-16-7-9-20(13-16)12-15-5-3-2-4-6-15/h2-6,14,16H,7-13H2,1H3,(H,19,23). The summed E-state index contributed by atoms with van der Waals surface area (Å²) in [5.41, 5.74) is 1.31. The molecule has 1 N–H and O–H groups in total. The molecule has 0 radical (unpaired) electrons. The topological polar surface area (TPSA) is 52.7 Å². The lowest BCUT2D eigenvalue weighted by molar-refractivity contribution is -0.124. The second-order valence-electron chi connectivity index (χ2n) is 6.72. The molecule has 3 rings (SSSR count). The van der Waals surface area contributed by atoms with Crippen molar-refractivity contribution in [3.05, 3.63) is 35.9 Å². The summed E-state index contributed by atoms with van der Waals surface area (Å²) in [6, 6.07) is 10.6. The number of rotatable bonds is 3. The molecule has 0 aliphatic carbocycles. The van der Waals surface area contributed by atoms with Crippen LogP contribution in [0.5, 0.6) is 0 Å². The minimum absolute atomic E-state index is 0.0177.